The Labute approximate surface area is 199 Å². The maximum atomic E-state index is 12.5. The smallest absolute Gasteiger partial charge is 0.333 e. The van der Waals surface area contributed by atoms with Gasteiger partial charge in [0.15, 0.2) is 11.9 Å². The molecule has 0 heterocycles. The highest BCUT2D eigenvalue weighted by molar-refractivity contribution is 6.08. The molecule has 3 atom stereocenters. The Morgan fingerprint density at radius 2 is 1.35 bits per heavy atom. The van der Waals surface area contributed by atoms with E-state index in [-0.39, 0.29) is 18.0 Å². The molecule has 6 nitrogen and oxygen atoms in total. The van der Waals surface area contributed by atoms with Crippen LogP contribution in [0.1, 0.15) is 40.7 Å². The zero-order chi connectivity index (χ0) is 23.9. The molecule has 0 aliphatic heterocycles. The van der Waals surface area contributed by atoms with E-state index < -0.39 is 12.1 Å². The summed E-state index contributed by atoms with van der Waals surface area (Å²) in [6, 6.07) is 24.0. The molecular weight excluding hydrogens is 432 g/mol. The lowest BCUT2D eigenvalue weighted by Gasteiger charge is -2.16. The molecule has 1 N–H and O–H groups in total. The molecule has 1 fully saturated rings. The van der Waals surface area contributed by atoms with E-state index in [1.807, 2.05) is 66.7 Å². The molecule has 0 spiro atoms. The molecule has 1 aliphatic carbocycles. The number of carboxylic acids is 1. The Morgan fingerprint density at radius 3 is 1.88 bits per heavy atom. The van der Waals surface area contributed by atoms with Gasteiger partial charge >= 0.3 is 5.97 Å². The highest BCUT2D eigenvalue weighted by atomic mass is 16.5. The van der Waals surface area contributed by atoms with E-state index in [9.17, 15) is 9.59 Å². The van der Waals surface area contributed by atoms with Crippen LogP contribution in [0.2, 0.25) is 0 Å². The Bertz CT molecular complexity index is 1090. The predicted octanol–water partition coefficient (Wildman–Crippen LogP) is 4.94. The third-order valence-corrected chi connectivity index (χ3v) is 6.00. The monoisotopic (exact) mass is 460 g/mol. The van der Waals surface area contributed by atoms with E-state index >= 15 is 0 Å². The normalized spacial score (nSPS) is 18.3. The third kappa shape index (κ3) is 6.02. The Kier molecular flexibility index (Phi) is 7.60. The van der Waals surface area contributed by atoms with Crippen molar-refractivity contribution in [2.75, 3.05) is 7.11 Å². The second kappa shape index (κ2) is 11.0. The van der Waals surface area contributed by atoms with Crippen molar-refractivity contribution in [1.29, 1.82) is 0 Å². The van der Waals surface area contributed by atoms with Crippen LogP contribution in [0.5, 0.6) is 11.5 Å². The first-order valence-corrected chi connectivity index (χ1v) is 11.4. The van der Waals surface area contributed by atoms with Crippen molar-refractivity contribution in [2.45, 2.75) is 44.0 Å². The van der Waals surface area contributed by atoms with E-state index in [1.165, 1.54) is 7.11 Å². The number of rotatable bonds is 10. The van der Waals surface area contributed by atoms with Gasteiger partial charge in [-0.15, -0.1) is 0 Å². The summed E-state index contributed by atoms with van der Waals surface area (Å²) in [5.74, 6) is 0.513. The van der Waals surface area contributed by atoms with Crippen molar-refractivity contribution >= 4 is 11.8 Å². The minimum atomic E-state index is -0.975. The maximum Gasteiger partial charge on any atom is 0.333 e. The zero-order valence-electron chi connectivity index (χ0n) is 19.1. The third-order valence-electron chi connectivity index (χ3n) is 6.00. The molecule has 6 heteroatoms. The van der Waals surface area contributed by atoms with Crippen LogP contribution in [-0.2, 0) is 16.0 Å². The topological polar surface area (TPSA) is 82.1 Å². The van der Waals surface area contributed by atoms with Crippen LogP contribution in [0.4, 0.5) is 0 Å². The van der Waals surface area contributed by atoms with Crippen LogP contribution in [0, 0.1) is 0 Å². The molecule has 3 aromatic carbocycles. The van der Waals surface area contributed by atoms with E-state index in [2.05, 4.69) is 0 Å². The van der Waals surface area contributed by atoms with Gasteiger partial charge in [0.05, 0.1) is 0 Å². The van der Waals surface area contributed by atoms with Crippen molar-refractivity contribution < 1.29 is 28.9 Å². The van der Waals surface area contributed by atoms with E-state index in [0.717, 1.165) is 36.3 Å². The van der Waals surface area contributed by atoms with Crippen LogP contribution in [0.25, 0.3) is 0 Å². The summed E-state index contributed by atoms with van der Waals surface area (Å²) in [6.45, 7) is 0. The second-order valence-electron chi connectivity index (χ2n) is 8.42. The lowest BCUT2D eigenvalue weighted by Crippen LogP contribution is -2.24. The van der Waals surface area contributed by atoms with Crippen molar-refractivity contribution in [3.63, 3.8) is 0 Å². The number of methoxy groups -OCH3 is 1. The summed E-state index contributed by atoms with van der Waals surface area (Å²) >= 11 is 0. The Balaban J connectivity index is 1.27. The van der Waals surface area contributed by atoms with Gasteiger partial charge in [-0.25, -0.2) is 4.79 Å². The van der Waals surface area contributed by atoms with E-state index in [4.69, 9.17) is 19.3 Å². The highest BCUT2D eigenvalue weighted by Gasteiger charge is 2.28. The molecule has 34 heavy (non-hydrogen) atoms. The van der Waals surface area contributed by atoms with Crippen LogP contribution in [0.15, 0.2) is 78.9 Å². The molecule has 0 amide bonds. The SMILES string of the molecule is CO[C@@H](Cc1ccc(OC2CCC(Oc3ccc(C(=O)c4ccccc4)cc3)C2)cc1)C(=O)O. The Hall–Kier alpha value is -3.64. The van der Waals surface area contributed by atoms with Gasteiger partial charge in [0, 0.05) is 31.1 Å². The van der Waals surface area contributed by atoms with Gasteiger partial charge in [-0.1, -0.05) is 42.5 Å². The van der Waals surface area contributed by atoms with Crippen molar-refractivity contribution in [3.8, 4) is 11.5 Å². The molecule has 0 aromatic heterocycles. The molecule has 176 valence electrons. The lowest BCUT2D eigenvalue weighted by molar-refractivity contribution is -0.148. The quantitative estimate of drug-likeness (QED) is 0.432. The summed E-state index contributed by atoms with van der Waals surface area (Å²) < 4.78 is 17.2. The van der Waals surface area contributed by atoms with Gasteiger partial charge in [0.2, 0.25) is 0 Å². The van der Waals surface area contributed by atoms with Gasteiger partial charge in [-0.05, 0) is 54.8 Å². The fraction of sp³-hybridized carbons (Fsp3) is 0.286. The van der Waals surface area contributed by atoms with E-state index in [1.54, 1.807) is 12.1 Å². The Morgan fingerprint density at radius 1 is 0.824 bits per heavy atom. The van der Waals surface area contributed by atoms with Crippen molar-refractivity contribution in [3.05, 3.63) is 95.6 Å². The van der Waals surface area contributed by atoms with Crippen LogP contribution in [0.3, 0.4) is 0 Å². The minimum absolute atomic E-state index is 0.00630. The first kappa shape index (κ1) is 23.5. The number of carboxylic acid groups (broad SMARTS) is 1. The molecule has 0 radical (unpaired) electrons. The molecule has 0 saturated heterocycles. The largest absolute Gasteiger partial charge is 0.490 e. The van der Waals surface area contributed by atoms with Gasteiger partial charge in [-0.3, -0.25) is 4.79 Å². The summed E-state index contributed by atoms with van der Waals surface area (Å²) in [5, 5.41) is 9.12. The number of hydrogen-bond acceptors (Lipinski definition) is 5. The molecule has 1 aliphatic rings. The number of hydrogen-bond donors (Lipinski definition) is 1. The van der Waals surface area contributed by atoms with Crippen LogP contribution in [-0.4, -0.2) is 42.3 Å². The number of aliphatic carboxylic acids is 1. The molecule has 2 unspecified atom stereocenters. The second-order valence-corrected chi connectivity index (χ2v) is 8.42. The average Bonchev–Trinajstić information content (AvgIpc) is 3.30. The summed E-state index contributed by atoms with van der Waals surface area (Å²) in [7, 11) is 1.40. The number of carbonyl (C=O) groups excluding carboxylic acids is 1. The predicted molar refractivity (Wildman–Crippen MR) is 128 cm³/mol. The lowest BCUT2D eigenvalue weighted by atomic mass is 10.0. The molecule has 3 aromatic rings. The highest BCUT2D eigenvalue weighted by Crippen LogP contribution is 2.29. The molecular formula is C28H28O6. The fourth-order valence-electron chi connectivity index (χ4n) is 4.13. The number of carbonyl (C=O) groups is 2. The van der Waals surface area contributed by atoms with Crippen molar-refractivity contribution in [1.82, 2.24) is 0 Å². The summed E-state index contributed by atoms with van der Waals surface area (Å²) in [5.41, 5.74) is 2.18. The summed E-state index contributed by atoms with van der Waals surface area (Å²) in [6.07, 6.45) is 2.12. The number of benzene rings is 3. The van der Waals surface area contributed by atoms with E-state index in [0.29, 0.717) is 17.5 Å². The van der Waals surface area contributed by atoms with Gasteiger partial charge < -0.3 is 19.3 Å². The van der Waals surface area contributed by atoms with Crippen LogP contribution < -0.4 is 9.47 Å². The number of ketones is 1. The molecule has 4 rings (SSSR count). The maximum absolute atomic E-state index is 12.5. The van der Waals surface area contributed by atoms with Crippen LogP contribution >= 0.6 is 0 Å². The zero-order valence-corrected chi connectivity index (χ0v) is 19.1. The minimum Gasteiger partial charge on any atom is -0.490 e. The van der Waals surface area contributed by atoms with Gasteiger partial charge in [-0.2, -0.15) is 0 Å². The molecule has 0 bridgehead atoms. The van der Waals surface area contributed by atoms with Crippen molar-refractivity contribution in [2.24, 2.45) is 0 Å². The average molecular weight is 461 g/mol. The first-order valence-electron chi connectivity index (χ1n) is 11.4. The number of ether oxygens (including phenoxy) is 3. The summed E-state index contributed by atoms with van der Waals surface area (Å²) in [4.78, 5) is 23.7. The standard InChI is InChI=1S/C28H28O6/c1-32-26(28(30)31)17-19-7-11-22(12-8-19)33-24-15-16-25(18-24)34-23-13-9-21(10-14-23)27(29)20-5-3-2-4-6-20/h2-14,24-26H,15-18H2,1H3,(H,30,31)/t24?,25?,26-/m0/s1. The molecule has 1 saturated carbocycles. The van der Waals surface area contributed by atoms with Gasteiger partial charge in [0.25, 0.3) is 0 Å². The van der Waals surface area contributed by atoms with Gasteiger partial charge in [0.1, 0.15) is 23.7 Å². The first-order chi connectivity index (χ1) is 16.5. The fourth-order valence-corrected chi connectivity index (χ4v) is 4.13.